The third kappa shape index (κ3) is 1.80. The molecule has 1 aromatic carbocycles. The topological polar surface area (TPSA) is 131 Å². The third-order valence-electron chi connectivity index (χ3n) is 3.07. The van der Waals surface area contributed by atoms with Crippen LogP contribution < -0.4 is 16.8 Å². The minimum absolute atomic E-state index is 0.00574. The Bertz CT molecular complexity index is 777. The molecule has 0 radical (unpaired) electrons. The molecule has 0 atom stereocenters. The van der Waals surface area contributed by atoms with Crippen LogP contribution in [0.1, 0.15) is 11.1 Å². The van der Waals surface area contributed by atoms with Crippen LogP contribution in [0.5, 0.6) is 0 Å². The van der Waals surface area contributed by atoms with Gasteiger partial charge in [-0.3, -0.25) is 4.79 Å². The van der Waals surface area contributed by atoms with E-state index in [4.69, 9.17) is 16.7 Å². The van der Waals surface area contributed by atoms with Crippen molar-refractivity contribution in [2.45, 2.75) is 6.42 Å². The summed E-state index contributed by atoms with van der Waals surface area (Å²) in [4.78, 5) is 19.2. The summed E-state index contributed by atoms with van der Waals surface area (Å²) in [6.07, 6.45) is 0.307. The Kier molecular flexibility index (Phi) is 2.51. The summed E-state index contributed by atoms with van der Waals surface area (Å²) in [6.45, 7) is 0. The maximum atomic E-state index is 11.4. The fraction of sp³-hybridized carbons (Fsp3) is 0.0769. The Morgan fingerprint density at radius 3 is 2.85 bits per heavy atom. The molecular formula is C13H10N6O. The lowest BCUT2D eigenvalue weighted by atomic mass is 10.0. The highest BCUT2D eigenvalue weighted by molar-refractivity contribution is 5.99. The van der Waals surface area contributed by atoms with E-state index >= 15 is 0 Å². The van der Waals surface area contributed by atoms with Gasteiger partial charge in [-0.15, -0.1) is 0 Å². The molecule has 1 aliphatic heterocycles. The monoisotopic (exact) mass is 266 g/mol. The predicted octanol–water partition coefficient (Wildman–Crippen LogP) is 0.674. The van der Waals surface area contributed by atoms with Crippen molar-refractivity contribution in [2.75, 3.05) is 16.8 Å². The van der Waals surface area contributed by atoms with Crippen LogP contribution in [-0.2, 0) is 11.2 Å². The van der Waals surface area contributed by atoms with Gasteiger partial charge in [-0.2, -0.15) is 10.2 Å². The van der Waals surface area contributed by atoms with Gasteiger partial charge in [-0.1, -0.05) is 6.07 Å². The van der Waals surface area contributed by atoms with E-state index in [0.717, 1.165) is 11.3 Å². The summed E-state index contributed by atoms with van der Waals surface area (Å²) in [7, 11) is 0. The van der Waals surface area contributed by atoms with Crippen LogP contribution in [0, 0.1) is 11.3 Å². The first-order valence-electron chi connectivity index (χ1n) is 5.84. The summed E-state index contributed by atoms with van der Waals surface area (Å²) in [5.41, 5.74) is 14.1. The van der Waals surface area contributed by atoms with Gasteiger partial charge in [0.25, 0.3) is 0 Å². The van der Waals surface area contributed by atoms with Crippen molar-refractivity contribution in [1.29, 1.82) is 5.26 Å². The second-order valence-electron chi connectivity index (χ2n) is 4.40. The summed E-state index contributed by atoms with van der Waals surface area (Å²) in [5, 5.41) is 11.9. The number of carbonyl (C=O) groups is 1. The molecule has 1 amide bonds. The van der Waals surface area contributed by atoms with Crippen LogP contribution in [0.3, 0.4) is 0 Å². The first kappa shape index (κ1) is 11.9. The molecule has 3 rings (SSSR count). The smallest absolute Gasteiger partial charge is 0.228 e. The fourth-order valence-electron chi connectivity index (χ4n) is 2.19. The molecule has 0 saturated heterocycles. The van der Waals surface area contributed by atoms with Gasteiger partial charge in [-0.25, -0.2) is 4.98 Å². The highest BCUT2D eigenvalue weighted by atomic mass is 16.1. The third-order valence-corrected chi connectivity index (χ3v) is 3.07. The van der Waals surface area contributed by atoms with E-state index in [1.165, 1.54) is 0 Å². The van der Waals surface area contributed by atoms with Crippen molar-refractivity contribution in [1.82, 2.24) is 9.97 Å². The van der Waals surface area contributed by atoms with Gasteiger partial charge in [0.1, 0.15) is 17.5 Å². The molecule has 20 heavy (non-hydrogen) atoms. The lowest BCUT2D eigenvalue weighted by Gasteiger charge is -2.08. The zero-order valence-electron chi connectivity index (χ0n) is 10.3. The second-order valence-corrected chi connectivity index (χ2v) is 4.40. The molecule has 0 aliphatic carbocycles. The molecule has 0 saturated carbocycles. The van der Waals surface area contributed by atoms with Gasteiger partial charge in [0.15, 0.2) is 0 Å². The number of aromatic nitrogens is 2. The van der Waals surface area contributed by atoms with E-state index in [1.54, 1.807) is 18.2 Å². The number of nitrogens with two attached hydrogens (primary N) is 2. The summed E-state index contributed by atoms with van der Waals surface area (Å²) < 4.78 is 0. The number of nitriles is 1. The van der Waals surface area contributed by atoms with Gasteiger partial charge in [-0.05, 0) is 17.7 Å². The van der Waals surface area contributed by atoms with E-state index in [9.17, 15) is 4.79 Å². The summed E-state index contributed by atoms with van der Waals surface area (Å²) in [5.74, 6) is -0.00438. The Morgan fingerprint density at radius 2 is 2.10 bits per heavy atom. The molecule has 98 valence electrons. The van der Waals surface area contributed by atoms with Gasteiger partial charge in [0, 0.05) is 11.3 Å². The number of carbonyl (C=O) groups excluding carboxylic acids is 1. The molecule has 5 N–H and O–H groups in total. The summed E-state index contributed by atoms with van der Waals surface area (Å²) in [6, 6.07) is 7.30. The molecule has 7 nitrogen and oxygen atoms in total. The number of nitrogen functional groups attached to an aromatic ring is 2. The molecule has 2 aromatic rings. The highest BCUT2D eigenvalue weighted by Gasteiger charge is 2.20. The zero-order valence-corrected chi connectivity index (χ0v) is 10.3. The second kappa shape index (κ2) is 4.20. The average Bonchev–Trinajstić information content (AvgIpc) is 2.76. The number of amides is 1. The van der Waals surface area contributed by atoms with Gasteiger partial charge in [0.05, 0.1) is 12.1 Å². The van der Waals surface area contributed by atoms with E-state index < -0.39 is 0 Å². The Labute approximate surface area is 114 Å². The van der Waals surface area contributed by atoms with Crippen LogP contribution in [-0.4, -0.2) is 15.9 Å². The van der Waals surface area contributed by atoms with E-state index in [2.05, 4.69) is 15.3 Å². The number of nitrogens with one attached hydrogen (secondary N) is 1. The molecule has 7 heteroatoms. The van der Waals surface area contributed by atoms with Gasteiger partial charge in [0.2, 0.25) is 11.9 Å². The number of hydrogen-bond donors (Lipinski definition) is 3. The van der Waals surface area contributed by atoms with Crippen molar-refractivity contribution < 1.29 is 4.79 Å². The van der Waals surface area contributed by atoms with Gasteiger partial charge >= 0.3 is 0 Å². The predicted molar refractivity (Wildman–Crippen MR) is 73.3 cm³/mol. The first-order chi connectivity index (χ1) is 9.58. The van der Waals surface area contributed by atoms with Crippen molar-refractivity contribution in [2.24, 2.45) is 0 Å². The van der Waals surface area contributed by atoms with E-state index in [-0.39, 0.29) is 23.2 Å². The average molecular weight is 266 g/mol. The number of nitrogens with zero attached hydrogens (tertiary/aromatic N) is 3. The molecular weight excluding hydrogens is 256 g/mol. The Morgan fingerprint density at radius 1 is 1.30 bits per heavy atom. The molecule has 1 aliphatic rings. The van der Waals surface area contributed by atoms with Crippen molar-refractivity contribution in [3.8, 4) is 17.3 Å². The maximum Gasteiger partial charge on any atom is 0.228 e. The summed E-state index contributed by atoms with van der Waals surface area (Å²) >= 11 is 0. The molecule has 1 aromatic heterocycles. The molecule has 0 fully saturated rings. The number of rotatable bonds is 1. The lowest BCUT2D eigenvalue weighted by molar-refractivity contribution is -0.115. The highest BCUT2D eigenvalue weighted by Crippen LogP contribution is 2.31. The van der Waals surface area contributed by atoms with Crippen LogP contribution in [0.2, 0.25) is 0 Å². The van der Waals surface area contributed by atoms with Crippen LogP contribution in [0.25, 0.3) is 11.3 Å². The van der Waals surface area contributed by atoms with Crippen molar-refractivity contribution in [3.05, 3.63) is 29.3 Å². The number of fused-ring (bicyclic) bond motifs is 1. The van der Waals surface area contributed by atoms with Crippen LogP contribution in [0.15, 0.2) is 18.2 Å². The molecule has 0 bridgehead atoms. The molecule has 2 heterocycles. The Balaban J connectivity index is 2.18. The minimum atomic E-state index is -0.0561. The fourth-order valence-corrected chi connectivity index (χ4v) is 2.19. The SMILES string of the molecule is N#Cc1c(N)nc(N)nc1-c1ccc2c(c1)CC(=O)N2. The number of anilines is 3. The van der Waals surface area contributed by atoms with Crippen molar-refractivity contribution in [3.63, 3.8) is 0 Å². The minimum Gasteiger partial charge on any atom is -0.382 e. The number of hydrogen-bond acceptors (Lipinski definition) is 6. The normalized spacial score (nSPS) is 12.7. The van der Waals surface area contributed by atoms with Crippen molar-refractivity contribution >= 4 is 23.4 Å². The quantitative estimate of drug-likeness (QED) is 0.695. The van der Waals surface area contributed by atoms with E-state index in [1.807, 2.05) is 6.07 Å². The van der Waals surface area contributed by atoms with Crippen LogP contribution >= 0.6 is 0 Å². The Hall–Kier alpha value is -3.14. The first-order valence-corrected chi connectivity index (χ1v) is 5.84. The van der Waals surface area contributed by atoms with Gasteiger partial charge < -0.3 is 16.8 Å². The lowest BCUT2D eigenvalue weighted by Crippen LogP contribution is -2.05. The molecule has 0 unspecified atom stereocenters. The van der Waals surface area contributed by atoms with E-state index in [0.29, 0.717) is 17.7 Å². The number of benzene rings is 1. The standard InChI is InChI=1S/C13H10N6O/c14-5-8-11(18-13(16)19-12(8)15)6-1-2-9-7(3-6)4-10(20)17-9/h1-3H,4H2,(H,17,20)(H4,15,16,18,19). The zero-order chi connectivity index (χ0) is 14.3. The molecule has 0 spiro atoms. The van der Waals surface area contributed by atoms with Crippen LogP contribution in [0.4, 0.5) is 17.5 Å². The largest absolute Gasteiger partial charge is 0.382 e. The maximum absolute atomic E-state index is 11.4.